The summed E-state index contributed by atoms with van der Waals surface area (Å²) in [5.74, 6) is 0. The van der Waals surface area contributed by atoms with Crippen LogP contribution < -0.4 is 0 Å². The van der Waals surface area contributed by atoms with Gasteiger partial charge in [0.15, 0.2) is 0 Å². The van der Waals surface area contributed by atoms with Crippen molar-refractivity contribution >= 4 is 6.98 Å². The van der Waals surface area contributed by atoms with Gasteiger partial charge in [-0.2, -0.15) is 0 Å². The molecular weight excluding hydrogens is 140 g/mol. The fourth-order valence-electron chi connectivity index (χ4n) is 2.21. The van der Waals surface area contributed by atoms with Gasteiger partial charge in [-0.05, 0) is 5.41 Å². The van der Waals surface area contributed by atoms with Crippen LogP contribution in [0.2, 0.25) is 5.31 Å². The lowest BCUT2D eigenvalue weighted by Crippen LogP contribution is -2.63. The topological polar surface area (TPSA) is 0 Å². The van der Waals surface area contributed by atoms with Crippen molar-refractivity contribution in [1.29, 1.82) is 0 Å². The first-order valence-electron chi connectivity index (χ1n) is 4.81. The molecule has 10 heavy (non-hydrogen) atoms. The van der Waals surface area contributed by atoms with Gasteiger partial charge in [0.25, 0.3) is 0 Å². The molecule has 2 bridgehead atoms. The van der Waals surface area contributed by atoms with Crippen LogP contribution in [0.1, 0.15) is 30.2 Å². The SMILES string of the molecule is [2H]C([2H])([2H])C12CC([B-](F)(F)F)(C1)C2. The Balaban J connectivity index is 2.09. The second-order valence-electron chi connectivity index (χ2n) is 3.75. The van der Waals surface area contributed by atoms with Crippen molar-refractivity contribution in [2.45, 2.75) is 31.4 Å². The van der Waals surface area contributed by atoms with Gasteiger partial charge in [0.1, 0.15) is 0 Å². The molecule has 0 aromatic carbocycles. The Morgan fingerprint density at radius 1 is 1.30 bits per heavy atom. The predicted molar refractivity (Wildman–Crippen MR) is 33.7 cm³/mol. The summed E-state index contributed by atoms with van der Waals surface area (Å²) < 4.78 is 58.3. The van der Waals surface area contributed by atoms with Crippen molar-refractivity contribution in [3.63, 3.8) is 0 Å². The zero-order valence-electron chi connectivity index (χ0n) is 8.33. The molecule has 0 aliphatic heterocycles. The van der Waals surface area contributed by atoms with E-state index in [1.165, 1.54) is 0 Å². The van der Waals surface area contributed by atoms with Gasteiger partial charge < -0.3 is 12.9 Å². The van der Waals surface area contributed by atoms with Crippen LogP contribution in [0.3, 0.4) is 0 Å². The summed E-state index contributed by atoms with van der Waals surface area (Å²) in [5, 5.41) is -1.58. The first-order chi connectivity index (χ1) is 5.62. The van der Waals surface area contributed by atoms with E-state index in [0.29, 0.717) is 0 Å². The summed E-state index contributed by atoms with van der Waals surface area (Å²) in [6.07, 6.45) is -0.500. The Morgan fingerprint density at radius 3 is 2.10 bits per heavy atom. The largest absolute Gasteiger partial charge is 0.484 e. The fraction of sp³-hybridized carbons (Fsp3) is 1.00. The molecule has 3 rings (SSSR count). The number of hydrogen-bond acceptors (Lipinski definition) is 0. The minimum absolute atomic E-state index is 0.167. The molecule has 0 aromatic rings. The van der Waals surface area contributed by atoms with E-state index in [1.807, 2.05) is 0 Å². The molecule has 0 atom stereocenters. The van der Waals surface area contributed by atoms with Crippen LogP contribution in [0.5, 0.6) is 0 Å². The van der Waals surface area contributed by atoms with Crippen molar-refractivity contribution in [1.82, 2.24) is 0 Å². The van der Waals surface area contributed by atoms with Crippen molar-refractivity contribution in [2.24, 2.45) is 5.41 Å². The number of hydrogen-bond donors (Lipinski definition) is 0. The summed E-state index contributed by atoms with van der Waals surface area (Å²) in [7, 11) is 0. The smallest absolute Gasteiger partial charge is 0.449 e. The predicted octanol–water partition coefficient (Wildman–Crippen LogP) is 2.78. The summed E-state index contributed by atoms with van der Waals surface area (Å²) in [6, 6.07) is 0. The fourth-order valence-corrected chi connectivity index (χ4v) is 2.21. The van der Waals surface area contributed by atoms with E-state index < -0.39 is 24.6 Å². The van der Waals surface area contributed by atoms with E-state index in [2.05, 4.69) is 0 Å². The normalized spacial score (nSPS) is 57.3. The quantitative estimate of drug-likeness (QED) is 0.506. The highest BCUT2D eigenvalue weighted by Crippen LogP contribution is 2.82. The van der Waals surface area contributed by atoms with Crippen LogP contribution >= 0.6 is 0 Å². The molecule has 3 fully saturated rings. The van der Waals surface area contributed by atoms with Crippen LogP contribution in [-0.4, -0.2) is 6.98 Å². The lowest BCUT2D eigenvalue weighted by Gasteiger charge is -2.74. The third-order valence-corrected chi connectivity index (χ3v) is 2.77. The Kier molecular flexibility index (Phi) is 0.506. The van der Waals surface area contributed by atoms with Crippen molar-refractivity contribution in [3.05, 3.63) is 0 Å². The summed E-state index contributed by atoms with van der Waals surface area (Å²) in [5.41, 5.74) is -0.982. The first kappa shape index (κ1) is 4.03. The number of halogens is 3. The van der Waals surface area contributed by atoms with Crippen LogP contribution in [0.25, 0.3) is 0 Å². The van der Waals surface area contributed by atoms with Gasteiger partial charge in [-0.1, -0.05) is 31.4 Å². The van der Waals surface area contributed by atoms with E-state index in [4.69, 9.17) is 4.11 Å². The van der Waals surface area contributed by atoms with Crippen molar-refractivity contribution in [2.75, 3.05) is 0 Å². The highest BCUT2D eigenvalue weighted by molar-refractivity contribution is 6.63. The van der Waals surface area contributed by atoms with E-state index in [0.717, 1.165) is 0 Å². The summed E-state index contributed by atoms with van der Waals surface area (Å²) >= 11 is 0. The molecule has 0 nitrogen and oxygen atoms in total. The molecule has 0 unspecified atom stereocenters. The van der Waals surface area contributed by atoms with Gasteiger partial charge in [0, 0.05) is 4.11 Å². The third kappa shape index (κ3) is 0.512. The molecule has 0 spiro atoms. The molecular formula is C6H9BF3-. The zero-order valence-corrected chi connectivity index (χ0v) is 5.33. The van der Waals surface area contributed by atoms with Gasteiger partial charge in [-0.3, -0.25) is 0 Å². The molecule has 3 saturated carbocycles. The second-order valence-corrected chi connectivity index (χ2v) is 3.75. The standard InChI is InChI=1S/C6H9BF3/c1-5-2-6(3-5,4-5)7(8,9)10/h2-4H2,1H3/q-1/i1D3. The Morgan fingerprint density at radius 2 is 1.80 bits per heavy atom. The van der Waals surface area contributed by atoms with E-state index >= 15 is 0 Å². The maximum Gasteiger partial charge on any atom is 0.484 e. The molecule has 0 N–H and O–H groups in total. The first-order valence-corrected chi connectivity index (χ1v) is 3.31. The molecule has 4 heteroatoms. The minimum Gasteiger partial charge on any atom is -0.449 e. The maximum absolute atomic E-state index is 12.4. The highest BCUT2D eigenvalue weighted by atomic mass is 19.4. The minimum atomic E-state index is -4.84. The van der Waals surface area contributed by atoms with Gasteiger partial charge in [0.2, 0.25) is 0 Å². The molecule has 58 valence electrons. The van der Waals surface area contributed by atoms with Crippen LogP contribution in [-0.2, 0) is 0 Å². The van der Waals surface area contributed by atoms with Crippen LogP contribution in [0.15, 0.2) is 0 Å². The van der Waals surface area contributed by atoms with E-state index in [-0.39, 0.29) is 19.3 Å². The van der Waals surface area contributed by atoms with Crippen molar-refractivity contribution in [3.8, 4) is 0 Å². The summed E-state index contributed by atoms with van der Waals surface area (Å²) in [6.45, 7) is -7.04. The Bertz CT molecular complexity index is 213. The monoisotopic (exact) mass is 152 g/mol. The zero-order chi connectivity index (χ0) is 10.1. The molecule has 0 aromatic heterocycles. The number of rotatable bonds is 1. The lowest BCUT2D eigenvalue weighted by atomic mass is 9.25. The van der Waals surface area contributed by atoms with Crippen LogP contribution in [0.4, 0.5) is 12.9 Å². The van der Waals surface area contributed by atoms with Gasteiger partial charge in [-0.25, -0.2) is 0 Å². The van der Waals surface area contributed by atoms with Crippen LogP contribution in [0, 0.1) is 5.41 Å². The highest BCUT2D eigenvalue weighted by Gasteiger charge is 2.71. The van der Waals surface area contributed by atoms with E-state index in [1.54, 1.807) is 0 Å². The van der Waals surface area contributed by atoms with Crippen molar-refractivity contribution < 1.29 is 17.1 Å². The lowest BCUT2D eigenvalue weighted by molar-refractivity contribution is -0.0962. The molecule has 3 aliphatic carbocycles. The molecule has 0 heterocycles. The molecule has 0 amide bonds. The van der Waals surface area contributed by atoms with Gasteiger partial charge in [0.05, 0.1) is 0 Å². The maximum atomic E-state index is 12.4. The Labute approximate surface area is 62.1 Å². The Hall–Kier alpha value is -0.145. The second kappa shape index (κ2) is 1.26. The van der Waals surface area contributed by atoms with Gasteiger partial charge in [-0.15, -0.1) is 0 Å². The average Bonchev–Trinajstić information content (AvgIpc) is 1.41. The van der Waals surface area contributed by atoms with Gasteiger partial charge >= 0.3 is 6.98 Å². The average molecular weight is 152 g/mol. The molecule has 0 radical (unpaired) electrons. The molecule has 3 aliphatic rings. The molecule has 0 saturated heterocycles. The third-order valence-electron chi connectivity index (χ3n) is 2.77. The summed E-state index contributed by atoms with van der Waals surface area (Å²) in [4.78, 5) is 0. The van der Waals surface area contributed by atoms with E-state index in [9.17, 15) is 12.9 Å².